The number of methoxy groups -OCH3 is 1. The lowest BCUT2D eigenvalue weighted by Crippen LogP contribution is -2.48. The van der Waals surface area contributed by atoms with Crippen LogP contribution < -0.4 is 0 Å². The van der Waals surface area contributed by atoms with Gasteiger partial charge in [0, 0.05) is 12.3 Å². The molecular weight excluding hydrogens is 488 g/mol. The Morgan fingerprint density at radius 2 is 1.88 bits per heavy atom. The highest BCUT2D eigenvalue weighted by molar-refractivity contribution is 8.01. The Morgan fingerprint density at radius 3 is 2.53 bits per heavy atom. The van der Waals surface area contributed by atoms with Crippen molar-refractivity contribution in [3.63, 3.8) is 0 Å². The number of sulfonamides is 1. The maximum atomic E-state index is 13.9. The molecular formula is C25H32N2O4S3. The van der Waals surface area contributed by atoms with Crippen LogP contribution in [0.4, 0.5) is 0 Å². The standard InChI is InChI=1S/C25H32N2O4S3/c1-5-6-10-15-32-25-26-21-14-13-20(16-22(21)33-25)34(29,30)27(17-19-11-8-7-9-12-19)23(18(2)3)24(28)31-4/h7-9,11-14,16,18,23H,5-6,10,15,17H2,1-4H3/t23-/m1/s1. The smallest absolute Gasteiger partial charge is 0.324 e. The number of hydrogen-bond donors (Lipinski definition) is 0. The average Bonchev–Trinajstić information content (AvgIpc) is 3.23. The number of aromatic nitrogens is 1. The van der Waals surface area contributed by atoms with Crippen LogP contribution in [0.3, 0.4) is 0 Å². The summed E-state index contributed by atoms with van der Waals surface area (Å²) in [4.78, 5) is 17.5. The van der Waals surface area contributed by atoms with Gasteiger partial charge in [0.25, 0.3) is 0 Å². The first-order valence-corrected chi connectivity index (χ1v) is 14.7. The van der Waals surface area contributed by atoms with Crippen LogP contribution in [0.15, 0.2) is 57.8 Å². The van der Waals surface area contributed by atoms with E-state index >= 15 is 0 Å². The largest absolute Gasteiger partial charge is 0.468 e. The molecule has 1 atom stereocenters. The predicted octanol–water partition coefficient (Wildman–Crippen LogP) is 5.97. The number of esters is 1. The highest BCUT2D eigenvalue weighted by Crippen LogP contribution is 2.33. The van der Waals surface area contributed by atoms with Crippen molar-refractivity contribution in [1.82, 2.24) is 9.29 Å². The topological polar surface area (TPSA) is 76.6 Å². The van der Waals surface area contributed by atoms with Gasteiger partial charge in [0.05, 0.1) is 22.2 Å². The molecule has 0 spiro atoms. The Labute approximate surface area is 210 Å². The van der Waals surface area contributed by atoms with Crippen LogP contribution in [0.2, 0.25) is 0 Å². The second-order valence-corrected chi connectivity index (χ2v) is 12.7. The van der Waals surface area contributed by atoms with Crippen molar-refractivity contribution in [2.45, 2.75) is 61.9 Å². The molecule has 184 valence electrons. The van der Waals surface area contributed by atoms with Crippen molar-refractivity contribution < 1.29 is 17.9 Å². The zero-order valence-electron chi connectivity index (χ0n) is 20.1. The predicted molar refractivity (Wildman–Crippen MR) is 140 cm³/mol. The second-order valence-electron chi connectivity index (χ2n) is 8.41. The summed E-state index contributed by atoms with van der Waals surface area (Å²) in [5.41, 5.74) is 1.58. The minimum Gasteiger partial charge on any atom is -0.468 e. The molecule has 0 radical (unpaired) electrons. The van der Waals surface area contributed by atoms with Gasteiger partial charge in [-0.1, -0.05) is 75.7 Å². The van der Waals surface area contributed by atoms with Crippen LogP contribution in [-0.4, -0.2) is 42.6 Å². The summed E-state index contributed by atoms with van der Waals surface area (Å²) in [6.45, 7) is 5.89. The van der Waals surface area contributed by atoms with Gasteiger partial charge in [-0.3, -0.25) is 4.79 Å². The second kappa shape index (κ2) is 12.2. The minimum absolute atomic E-state index is 0.0698. The Morgan fingerprint density at radius 1 is 1.15 bits per heavy atom. The van der Waals surface area contributed by atoms with Crippen LogP contribution in [0.25, 0.3) is 10.2 Å². The number of thiazole rings is 1. The van der Waals surface area contributed by atoms with Gasteiger partial charge in [-0.05, 0) is 36.1 Å². The van der Waals surface area contributed by atoms with Gasteiger partial charge in [0.2, 0.25) is 10.0 Å². The van der Waals surface area contributed by atoms with Gasteiger partial charge in [-0.15, -0.1) is 11.3 Å². The summed E-state index contributed by atoms with van der Waals surface area (Å²) >= 11 is 3.21. The van der Waals surface area contributed by atoms with E-state index < -0.39 is 22.0 Å². The fourth-order valence-corrected chi connectivity index (χ4v) is 7.67. The van der Waals surface area contributed by atoms with E-state index in [1.54, 1.807) is 30.0 Å². The molecule has 0 aliphatic heterocycles. The molecule has 2 aromatic carbocycles. The maximum Gasteiger partial charge on any atom is 0.324 e. The number of unbranched alkanes of at least 4 members (excludes halogenated alkanes) is 2. The third kappa shape index (κ3) is 6.38. The van der Waals surface area contributed by atoms with E-state index in [9.17, 15) is 13.2 Å². The van der Waals surface area contributed by atoms with Gasteiger partial charge < -0.3 is 4.74 Å². The number of nitrogens with zero attached hydrogens (tertiary/aromatic N) is 2. The number of thioether (sulfide) groups is 1. The summed E-state index contributed by atoms with van der Waals surface area (Å²) in [6.07, 6.45) is 3.49. The fourth-order valence-electron chi connectivity index (χ4n) is 3.69. The van der Waals surface area contributed by atoms with Crippen LogP contribution in [0.1, 0.15) is 45.6 Å². The van der Waals surface area contributed by atoms with Crippen molar-refractivity contribution in [2.75, 3.05) is 12.9 Å². The van der Waals surface area contributed by atoms with Gasteiger partial charge >= 0.3 is 5.97 Å². The van der Waals surface area contributed by atoms with E-state index in [-0.39, 0.29) is 17.4 Å². The normalized spacial score (nSPS) is 13.0. The lowest BCUT2D eigenvalue weighted by molar-refractivity contribution is -0.146. The molecule has 3 aromatic rings. The van der Waals surface area contributed by atoms with Crippen molar-refractivity contribution in [1.29, 1.82) is 0 Å². The van der Waals surface area contributed by atoms with Crippen molar-refractivity contribution in [3.8, 4) is 0 Å². The molecule has 0 aliphatic rings. The van der Waals surface area contributed by atoms with Crippen LogP contribution >= 0.6 is 23.1 Å². The summed E-state index contributed by atoms with van der Waals surface area (Å²) in [7, 11) is -2.71. The molecule has 0 saturated carbocycles. The minimum atomic E-state index is -4.00. The molecule has 1 aromatic heterocycles. The Balaban J connectivity index is 1.98. The summed E-state index contributed by atoms with van der Waals surface area (Å²) < 4.78 is 35.8. The third-order valence-electron chi connectivity index (χ3n) is 5.49. The number of hydrogen-bond acceptors (Lipinski definition) is 7. The highest BCUT2D eigenvalue weighted by Gasteiger charge is 2.38. The number of benzene rings is 2. The van der Waals surface area contributed by atoms with Crippen molar-refractivity contribution in [2.24, 2.45) is 5.92 Å². The van der Waals surface area contributed by atoms with E-state index in [0.717, 1.165) is 32.3 Å². The van der Waals surface area contributed by atoms with Gasteiger partial charge in [-0.2, -0.15) is 4.31 Å². The van der Waals surface area contributed by atoms with E-state index in [4.69, 9.17) is 4.74 Å². The summed E-state index contributed by atoms with van der Waals surface area (Å²) in [5.74, 6) is 0.155. The number of carbonyl (C=O) groups is 1. The van der Waals surface area contributed by atoms with E-state index in [2.05, 4.69) is 11.9 Å². The zero-order chi connectivity index (χ0) is 24.7. The number of carbonyl (C=O) groups excluding carboxylic acids is 1. The molecule has 6 nitrogen and oxygen atoms in total. The number of ether oxygens (including phenoxy) is 1. The molecule has 0 saturated heterocycles. The maximum absolute atomic E-state index is 13.9. The van der Waals surface area contributed by atoms with Crippen LogP contribution in [0, 0.1) is 5.92 Å². The first kappa shape index (κ1) is 26.7. The molecule has 0 fully saturated rings. The first-order chi connectivity index (χ1) is 16.3. The Bertz CT molecular complexity index is 1190. The Kier molecular flexibility index (Phi) is 9.53. The average molecular weight is 521 g/mol. The highest BCUT2D eigenvalue weighted by atomic mass is 32.2. The van der Waals surface area contributed by atoms with Crippen molar-refractivity contribution >= 4 is 49.3 Å². The lowest BCUT2D eigenvalue weighted by Gasteiger charge is -2.31. The SMILES string of the molecule is CCCCCSc1nc2ccc(S(=O)(=O)N(Cc3ccccc3)[C@@H](C(=O)OC)C(C)C)cc2s1. The zero-order valence-corrected chi connectivity index (χ0v) is 22.5. The quantitative estimate of drug-likeness (QED) is 0.166. The molecule has 9 heteroatoms. The molecule has 3 rings (SSSR count). The molecule has 1 heterocycles. The van der Waals surface area contributed by atoms with Crippen molar-refractivity contribution in [3.05, 3.63) is 54.1 Å². The van der Waals surface area contributed by atoms with E-state index in [1.165, 1.54) is 35.6 Å². The monoisotopic (exact) mass is 520 g/mol. The third-order valence-corrected chi connectivity index (χ3v) is 9.56. The number of rotatable bonds is 12. The Hall–Kier alpha value is -1.94. The molecule has 0 unspecified atom stereocenters. The van der Waals surface area contributed by atoms with Crippen LogP contribution in [-0.2, 0) is 26.1 Å². The molecule has 0 amide bonds. The summed E-state index contributed by atoms with van der Waals surface area (Å²) in [6, 6.07) is 13.3. The van der Waals surface area contributed by atoms with E-state index in [1.807, 2.05) is 44.2 Å². The lowest BCUT2D eigenvalue weighted by atomic mass is 10.0. The van der Waals surface area contributed by atoms with Crippen LogP contribution in [0.5, 0.6) is 0 Å². The number of fused-ring (bicyclic) bond motifs is 1. The van der Waals surface area contributed by atoms with Gasteiger partial charge in [-0.25, -0.2) is 13.4 Å². The van der Waals surface area contributed by atoms with E-state index in [0.29, 0.717) is 0 Å². The van der Waals surface area contributed by atoms with Gasteiger partial charge in [0.15, 0.2) is 4.34 Å². The fraction of sp³-hybridized carbons (Fsp3) is 0.440. The molecule has 0 aliphatic carbocycles. The first-order valence-electron chi connectivity index (χ1n) is 11.4. The molecule has 0 bridgehead atoms. The molecule has 34 heavy (non-hydrogen) atoms. The molecule has 0 N–H and O–H groups in total. The summed E-state index contributed by atoms with van der Waals surface area (Å²) in [5, 5.41) is 0. The van der Waals surface area contributed by atoms with Gasteiger partial charge in [0.1, 0.15) is 6.04 Å².